The molecule has 0 aliphatic carbocycles. The summed E-state index contributed by atoms with van der Waals surface area (Å²) >= 11 is 0. The van der Waals surface area contributed by atoms with Crippen molar-refractivity contribution < 1.29 is 9.53 Å². The Morgan fingerprint density at radius 2 is 1.08 bits per heavy atom. The smallest absolute Gasteiger partial charge is 0.363 e. The molecule has 0 amide bonds. The molecule has 0 fully saturated rings. The van der Waals surface area contributed by atoms with Gasteiger partial charge in [-0.05, 0) is 48.9 Å². The lowest BCUT2D eigenvalue weighted by atomic mass is 10.0. The highest BCUT2D eigenvalue weighted by Crippen LogP contribution is 2.20. The lowest BCUT2D eigenvalue weighted by Gasteiger charge is -2.07. The van der Waals surface area contributed by atoms with Gasteiger partial charge in [0.2, 0.25) is 0 Å². The van der Waals surface area contributed by atoms with Crippen LogP contribution >= 0.6 is 0 Å². The molecule has 1 heterocycles. The first-order valence-corrected chi connectivity index (χ1v) is 15.4. The van der Waals surface area contributed by atoms with Gasteiger partial charge in [0.25, 0.3) is 0 Å². The number of benzene rings is 2. The van der Waals surface area contributed by atoms with Crippen LogP contribution in [0.4, 0.5) is 0 Å². The second kappa shape index (κ2) is 18.3. The van der Waals surface area contributed by atoms with E-state index in [9.17, 15) is 4.79 Å². The van der Waals surface area contributed by atoms with Crippen molar-refractivity contribution in [1.29, 1.82) is 0 Å². The van der Waals surface area contributed by atoms with Crippen molar-refractivity contribution in [3.05, 3.63) is 77.7 Å². The maximum absolute atomic E-state index is 12.6. The average molecular weight is 529 g/mol. The summed E-state index contributed by atoms with van der Waals surface area (Å²) in [6.07, 6.45) is 23.8. The van der Waals surface area contributed by atoms with Crippen LogP contribution < -0.4 is 4.74 Å². The van der Waals surface area contributed by atoms with E-state index in [1.165, 1.54) is 107 Å². The summed E-state index contributed by atoms with van der Waals surface area (Å²) in [5.41, 5.74) is 4.60. The van der Waals surface area contributed by atoms with Crippen molar-refractivity contribution in [2.75, 3.05) is 0 Å². The van der Waals surface area contributed by atoms with Crippen molar-refractivity contribution in [1.82, 2.24) is 9.97 Å². The zero-order valence-electron chi connectivity index (χ0n) is 24.3. The molecular weight excluding hydrogens is 480 g/mol. The van der Waals surface area contributed by atoms with Gasteiger partial charge >= 0.3 is 5.97 Å². The molecular formula is C35H48N2O2. The van der Waals surface area contributed by atoms with Crippen LogP contribution in [0.25, 0.3) is 11.3 Å². The summed E-state index contributed by atoms with van der Waals surface area (Å²) in [6, 6.07) is 16.3. The number of nitrogens with zero attached hydrogens (tertiary/aromatic N) is 2. The number of hydrogen-bond donors (Lipinski definition) is 0. The monoisotopic (exact) mass is 528 g/mol. The molecule has 3 aromatic rings. The molecule has 0 bridgehead atoms. The molecule has 0 aliphatic heterocycles. The number of carbonyl (C=O) groups excluding carboxylic acids is 1. The second-order valence-corrected chi connectivity index (χ2v) is 10.8. The molecule has 0 radical (unpaired) electrons. The maximum Gasteiger partial charge on any atom is 0.363 e. The molecule has 4 nitrogen and oxygen atoms in total. The number of aryl methyl sites for hydroxylation is 2. The van der Waals surface area contributed by atoms with Gasteiger partial charge in [-0.2, -0.15) is 0 Å². The Hall–Kier alpha value is -3.01. The quantitative estimate of drug-likeness (QED) is 0.0882. The van der Waals surface area contributed by atoms with Gasteiger partial charge in [0.05, 0.1) is 18.1 Å². The first kappa shape index (κ1) is 30.5. The van der Waals surface area contributed by atoms with Gasteiger partial charge in [0, 0.05) is 5.56 Å². The molecule has 39 heavy (non-hydrogen) atoms. The largest absolute Gasteiger partial charge is 0.422 e. The average Bonchev–Trinajstić information content (AvgIpc) is 2.97. The molecule has 2 aromatic carbocycles. The fourth-order valence-corrected chi connectivity index (χ4v) is 4.88. The van der Waals surface area contributed by atoms with Crippen LogP contribution in [0.15, 0.2) is 60.9 Å². The molecule has 0 unspecified atom stereocenters. The maximum atomic E-state index is 12.6. The third-order valence-corrected chi connectivity index (χ3v) is 7.38. The van der Waals surface area contributed by atoms with Crippen LogP contribution in [0.3, 0.4) is 0 Å². The van der Waals surface area contributed by atoms with Crippen molar-refractivity contribution in [2.45, 2.75) is 117 Å². The van der Waals surface area contributed by atoms with Gasteiger partial charge in [0.15, 0.2) is 5.69 Å². The van der Waals surface area contributed by atoms with E-state index >= 15 is 0 Å². The van der Waals surface area contributed by atoms with E-state index in [0.717, 1.165) is 24.1 Å². The summed E-state index contributed by atoms with van der Waals surface area (Å²) in [6.45, 7) is 4.50. The van der Waals surface area contributed by atoms with Crippen LogP contribution in [0.2, 0.25) is 0 Å². The van der Waals surface area contributed by atoms with Crippen LogP contribution in [0.5, 0.6) is 5.75 Å². The summed E-state index contributed by atoms with van der Waals surface area (Å²) in [4.78, 5) is 21.4. The van der Waals surface area contributed by atoms with Gasteiger partial charge in [0.1, 0.15) is 5.75 Å². The minimum atomic E-state index is -0.488. The lowest BCUT2D eigenvalue weighted by Crippen LogP contribution is -2.11. The SMILES string of the molecule is CCCCCCCCCCCc1ccc(-c2cnc(C(=O)Oc3ccc(CCCCCCC)cc3)cn2)cc1. The van der Waals surface area contributed by atoms with Crippen LogP contribution in [0.1, 0.15) is 125 Å². The van der Waals surface area contributed by atoms with Crippen molar-refractivity contribution >= 4 is 5.97 Å². The number of rotatable bonds is 19. The fourth-order valence-electron chi connectivity index (χ4n) is 4.88. The zero-order chi connectivity index (χ0) is 27.5. The summed E-state index contributed by atoms with van der Waals surface area (Å²) < 4.78 is 5.52. The zero-order valence-corrected chi connectivity index (χ0v) is 24.3. The van der Waals surface area contributed by atoms with E-state index in [0.29, 0.717) is 5.75 Å². The van der Waals surface area contributed by atoms with Gasteiger partial charge in [-0.25, -0.2) is 9.78 Å². The molecule has 0 saturated carbocycles. The van der Waals surface area contributed by atoms with Crippen LogP contribution in [-0.4, -0.2) is 15.9 Å². The van der Waals surface area contributed by atoms with Gasteiger partial charge in [-0.3, -0.25) is 4.98 Å². The topological polar surface area (TPSA) is 52.1 Å². The Bertz CT molecular complexity index is 1060. The molecule has 0 N–H and O–H groups in total. The van der Waals surface area contributed by atoms with E-state index in [1.807, 2.05) is 24.3 Å². The Morgan fingerprint density at radius 3 is 1.56 bits per heavy atom. The minimum absolute atomic E-state index is 0.209. The molecule has 210 valence electrons. The van der Waals surface area contributed by atoms with Crippen molar-refractivity contribution in [3.63, 3.8) is 0 Å². The molecule has 3 rings (SSSR count). The molecule has 4 heteroatoms. The van der Waals surface area contributed by atoms with Crippen molar-refractivity contribution in [2.24, 2.45) is 0 Å². The van der Waals surface area contributed by atoms with Gasteiger partial charge in [-0.1, -0.05) is 127 Å². The highest BCUT2D eigenvalue weighted by molar-refractivity contribution is 5.88. The van der Waals surface area contributed by atoms with Crippen molar-refractivity contribution in [3.8, 4) is 17.0 Å². The third kappa shape index (κ3) is 11.7. The number of carbonyl (C=O) groups is 1. The lowest BCUT2D eigenvalue weighted by molar-refractivity contribution is 0.0728. The Morgan fingerprint density at radius 1 is 0.590 bits per heavy atom. The Balaban J connectivity index is 1.38. The first-order valence-electron chi connectivity index (χ1n) is 15.4. The van der Waals surface area contributed by atoms with Crippen LogP contribution in [0, 0.1) is 0 Å². The first-order chi connectivity index (χ1) is 19.2. The normalized spacial score (nSPS) is 11.0. The standard InChI is InChI=1S/C35H48N2O2/c1-3-5-7-9-10-11-12-14-16-17-29-19-23-31(24-20-29)33-27-37-34(28-36-33)35(38)39-32-25-21-30(22-26-32)18-15-13-8-6-4-2/h19-28H,3-18H2,1-2H3. The molecule has 0 atom stereocenters. The highest BCUT2D eigenvalue weighted by Gasteiger charge is 2.12. The van der Waals surface area contributed by atoms with E-state index in [1.54, 1.807) is 6.20 Å². The molecule has 0 saturated heterocycles. The second-order valence-electron chi connectivity index (χ2n) is 10.8. The number of esters is 1. The van der Waals surface area contributed by atoms with E-state index in [-0.39, 0.29) is 5.69 Å². The van der Waals surface area contributed by atoms with Crippen LogP contribution in [-0.2, 0) is 12.8 Å². The number of ether oxygens (including phenoxy) is 1. The number of hydrogen-bond acceptors (Lipinski definition) is 4. The van der Waals surface area contributed by atoms with E-state index < -0.39 is 5.97 Å². The van der Waals surface area contributed by atoms with E-state index in [2.05, 4.69) is 48.1 Å². The number of unbranched alkanes of at least 4 members (excludes halogenated alkanes) is 12. The summed E-state index contributed by atoms with van der Waals surface area (Å²) in [5, 5.41) is 0. The molecule has 1 aromatic heterocycles. The summed E-state index contributed by atoms with van der Waals surface area (Å²) in [5.74, 6) is 0.0424. The predicted octanol–water partition coefficient (Wildman–Crippen LogP) is 9.95. The Kier molecular flexibility index (Phi) is 14.3. The third-order valence-electron chi connectivity index (χ3n) is 7.38. The molecule has 0 aliphatic rings. The van der Waals surface area contributed by atoms with Gasteiger partial charge < -0.3 is 4.74 Å². The van der Waals surface area contributed by atoms with E-state index in [4.69, 9.17) is 4.74 Å². The molecule has 0 spiro atoms. The number of aromatic nitrogens is 2. The Labute approximate surface area is 236 Å². The van der Waals surface area contributed by atoms with Gasteiger partial charge in [-0.15, -0.1) is 0 Å². The predicted molar refractivity (Wildman–Crippen MR) is 162 cm³/mol. The highest BCUT2D eigenvalue weighted by atomic mass is 16.5. The minimum Gasteiger partial charge on any atom is -0.422 e. The summed E-state index contributed by atoms with van der Waals surface area (Å²) in [7, 11) is 0. The fraction of sp³-hybridized carbons (Fsp3) is 0.514.